The van der Waals surface area contributed by atoms with Crippen molar-refractivity contribution in [1.29, 1.82) is 0 Å². The Balaban J connectivity index is 0. The molecule has 5 heteroatoms. The van der Waals surface area contributed by atoms with E-state index < -0.39 is 8.25 Å². The summed E-state index contributed by atoms with van der Waals surface area (Å²) in [4.78, 5) is 9.41. The molecule has 36 valence electrons. The fraction of sp³-hybridized carbons (Fsp3) is 1.00. The van der Waals surface area contributed by atoms with Gasteiger partial charge in [-0.2, -0.15) is 0 Å². The third kappa shape index (κ3) is 10.8. The van der Waals surface area contributed by atoms with Crippen LogP contribution in [0.25, 0.3) is 0 Å². The Bertz CT molecular complexity index is 56.9. The smallest absolute Gasteiger partial charge is 0.566 e. The summed E-state index contributed by atoms with van der Waals surface area (Å²) in [5, 5.41) is 0. The maximum Gasteiger partial charge on any atom is 3.00 e. The SMILES string of the molecule is CCO[P+](=O)[O-].[Al+3]. The van der Waals surface area contributed by atoms with E-state index in [0.717, 1.165) is 0 Å². The first-order valence-electron chi connectivity index (χ1n) is 1.54. The summed E-state index contributed by atoms with van der Waals surface area (Å²) < 4.78 is 13.4. The summed E-state index contributed by atoms with van der Waals surface area (Å²) in [6.07, 6.45) is 0. The molecule has 0 amide bonds. The average Bonchev–Trinajstić information content (AvgIpc) is 1.35. The van der Waals surface area contributed by atoms with Gasteiger partial charge in [-0.15, -0.1) is 4.52 Å². The van der Waals surface area contributed by atoms with Crippen LogP contribution in [-0.2, 0) is 9.09 Å². The second kappa shape index (κ2) is 6.55. The molecule has 0 aromatic rings. The molecule has 0 heterocycles. The Labute approximate surface area is 53.8 Å². The van der Waals surface area contributed by atoms with Gasteiger partial charge in [0.1, 0.15) is 0 Å². The van der Waals surface area contributed by atoms with Gasteiger partial charge in [-0.25, -0.2) is 0 Å². The van der Waals surface area contributed by atoms with Gasteiger partial charge in [-0.3, -0.25) is 0 Å². The monoisotopic (exact) mass is 135 g/mol. The zero-order valence-electron chi connectivity index (χ0n) is 3.96. The molecule has 0 saturated heterocycles. The van der Waals surface area contributed by atoms with E-state index in [-0.39, 0.29) is 24.0 Å². The quantitative estimate of drug-likeness (QED) is 0.384. The van der Waals surface area contributed by atoms with E-state index >= 15 is 0 Å². The minimum absolute atomic E-state index is 0. The van der Waals surface area contributed by atoms with Crippen molar-refractivity contribution in [2.24, 2.45) is 0 Å². The summed E-state index contributed by atoms with van der Waals surface area (Å²) >= 11 is 0. The fourth-order valence-corrected chi connectivity index (χ4v) is 0.316. The first-order valence-corrected chi connectivity index (χ1v) is 2.64. The molecule has 0 spiro atoms. The summed E-state index contributed by atoms with van der Waals surface area (Å²) in [5.74, 6) is 0. The topological polar surface area (TPSA) is 49.4 Å². The Morgan fingerprint density at radius 1 is 1.86 bits per heavy atom. The van der Waals surface area contributed by atoms with Crippen LogP contribution >= 0.6 is 8.25 Å². The number of hydrogen-bond donors (Lipinski definition) is 0. The molecule has 0 aliphatic rings. The number of rotatable bonds is 2. The third-order valence-corrected chi connectivity index (χ3v) is 0.704. The molecule has 0 N–H and O–H groups in total. The first kappa shape index (κ1) is 10.5. The van der Waals surface area contributed by atoms with E-state index in [1.54, 1.807) is 6.92 Å². The van der Waals surface area contributed by atoms with Crippen LogP contribution in [0, 0.1) is 0 Å². The van der Waals surface area contributed by atoms with Crippen molar-refractivity contribution >= 4 is 25.6 Å². The molecule has 7 heavy (non-hydrogen) atoms. The zero-order valence-corrected chi connectivity index (χ0v) is 6.01. The van der Waals surface area contributed by atoms with Crippen LogP contribution in [0.1, 0.15) is 6.92 Å². The van der Waals surface area contributed by atoms with E-state index in [1.807, 2.05) is 0 Å². The molecule has 0 rings (SSSR count). The van der Waals surface area contributed by atoms with Gasteiger partial charge >= 0.3 is 25.6 Å². The molecule has 0 aromatic carbocycles. The molecule has 0 aliphatic carbocycles. The van der Waals surface area contributed by atoms with E-state index in [4.69, 9.17) is 0 Å². The van der Waals surface area contributed by atoms with Crippen LogP contribution in [0.3, 0.4) is 0 Å². The van der Waals surface area contributed by atoms with Gasteiger partial charge in [0.15, 0.2) is 0 Å². The summed E-state index contributed by atoms with van der Waals surface area (Å²) in [7, 11) is -2.60. The van der Waals surface area contributed by atoms with Crippen molar-refractivity contribution in [1.82, 2.24) is 0 Å². The first-order chi connectivity index (χ1) is 2.77. The third-order valence-electron chi connectivity index (χ3n) is 0.235. The van der Waals surface area contributed by atoms with E-state index in [2.05, 4.69) is 4.52 Å². The van der Waals surface area contributed by atoms with Crippen molar-refractivity contribution < 1.29 is 14.0 Å². The van der Waals surface area contributed by atoms with Gasteiger partial charge in [-0.05, 0) is 11.5 Å². The van der Waals surface area contributed by atoms with Crippen LogP contribution in [0.4, 0.5) is 0 Å². The van der Waals surface area contributed by atoms with Crippen molar-refractivity contribution in [3.05, 3.63) is 0 Å². The average molecular weight is 135 g/mol. The number of hydrogen-bond acceptors (Lipinski definition) is 3. The molecule has 0 bridgehead atoms. The molecule has 1 atom stereocenters. The predicted molar refractivity (Wildman–Crippen MR) is 25.0 cm³/mol. The van der Waals surface area contributed by atoms with Crippen molar-refractivity contribution in [2.45, 2.75) is 6.92 Å². The van der Waals surface area contributed by atoms with Crippen molar-refractivity contribution in [3.63, 3.8) is 0 Å². The molecular weight excluding hydrogens is 130 g/mol. The van der Waals surface area contributed by atoms with E-state index in [9.17, 15) is 9.46 Å². The molecule has 0 fully saturated rings. The minimum Gasteiger partial charge on any atom is -0.566 e. The summed E-state index contributed by atoms with van der Waals surface area (Å²) in [6, 6.07) is 0. The van der Waals surface area contributed by atoms with Crippen LogP contribution < -0.4 is 4.89 Å². The largest absolute Gasteiger partial charge is 3.00 e. The maximum atomic E-state index is 9.41. The van der Waals surface area contributed by atoms with Crippen LogP contribution in [0.2, 0.25) is 0 Å². The van der Waals surface area contributed by atoms with E-state index in [1.165, 1.54) is 0 Å². The maximum absolute atomic E-state index is 9.41. The Hall–Kier alpha value is 0.552. The van der Waals surface area contributed by atoms with Crippen LogP contribution in [0.5, 0.6) is 0 Å². The van der Waals surface area contributed by atoms with Gasteiger partial charge in [0, 0.05) is 0 Å². The second-order valence-corrected chi connectivity index (χ2v) is 1.35. The zero-order chi connectivity index (χ0) is 4.99. The molecular formula is C2H5AlO3P+3. The van der Waals surface area contributed by atoms with E-state index in [0.29, 0.717) is 0 Å². The molecule has 0 saturated carbocycles. The molecule has 3 nitrogen and oxygen atoms in total. The van der Waals surface area contributed by atoms with Crippen LogP contribution in [-0.4, -0.2) is 24.0 Å². The summed E-state index contributed by atoms with van der Waals surface area (Å²) in [6.45, 7) is 1.85. The van der Waals surface area contributed by atoms with Crippen LogP contribution in [0.15, 0.2) is 0 Å². The molecule has 0 radical (unpaired) electrons. The molecule has 1 unspecified atom stereocenters. The Kier molecular flexibility index (Phi) is 9.85. The second-order valence-electron chi connectivity index (χ2n) is 0.641. The van der Waals surface area contributed by atoms with Gasteiger partial charge in [-0.1, -0.05) is 0 Å². The molecule has 0 aromatic heterocycles. The van der Waals surface area contributed by atoms with Gasteiger partial charge in [0.2, 0.25) is 0 Å². The van der Waals surface area contributed by atoms with Crippen molar-refractivity contribution in [2.75, 3.05) is 6.61 Å². The van der Waals surface area contributed by atoms with Gasteiger partial charge in [0.25, 0.3) is 0 Å². The van der Waals surface area contributed by atoms with Gasteiger partial charge < -0.3 is 4.89 Å². The minimum atomic E-state index is -2.60. The molecule has 0 aliphatic heterocycles. The summed E-state index contributed by atoms with van der Waals surface area (Å²) in [5.41, 5.74) is 0. The Morgan fingerprint density at radius 2 is 2.29 bits per heavy atom. The Morgan fingerprint density at radius 3 is 2.29 bits per heavy atom. The predicted octanol–water partition coefficient (Wildman–Crippen LogP) is -0.340. The standard InChI is InChI=1S/C2H5O3P.Al/c1-2-5-6(3)4;/h2H2,1H3;/q;+3. The fourth-order valence-electron chi connectivity index (χ4n) is 0.105. The normalized spacial score (nSPS) is 9.71. The van der Waals surface area contributed by atoms with Crippen molar-refractivity contribution in [3.8, 4) is 0 Å². The van der Waals surface area contributed by atoms with Gasteiger partial charge in [0.05, 0.1) is 6.61 Å².